The standard InChI is InChI=1S/C16H25FN2O/c1-4-18-12(3)13-5-6-15(14(17)9-13)19-8-7-11(2)16(20)10-19/h5-6,9,11-12,16,18,20H,4,7-8,10H2,1-3H3. The molecule has 112 valence electrons. The van der Waals surface area contributed by atoms with E-state index in [-0.39, 0.29) is 18.0 Å². The number of rotatable bonds is 4. The fourth-order valence-electron chi connectivity index (χ4n) is 2.74. The van der Waals surface area contributed by atoms with Crippen molar-refractivity contribution in [3.8, 4) is 0 Å². The van der Waals surface area contributed by atoms with Crippen LogP contribution in [0.1, 0.15) is 38.8 Å². The molecule has 1 aromatic carbocycles. The molecule has 0 radical (unpaired) electrons. The maximum atomic E-state index is 14.3. The Morgan fingerprint density at radius 1 is 1.50 bits per heavy atom. The highest BCUT2D eigenvalue weighted by atomic mass is 19.1. The van der Waals surface area contributed by atoms with Gasteiger partial charge in [0.05, 0.1) is 11.8 Å². The molecule has 0 bridgehead atoms. The van der Waals surface area contributed by atoms with Gasteiger partial charge in [-0.05, 0) is 43.5 Å². The number of β-amino-alcohol motifs (C(OH)–C–C–N with tert-alkyl or cyclic N) is 1. The van der Waals surface area contributed by atoms with E-state index < -0.39 is 0 Å². The van der Waals surface area contributed by atoms with Crippen molar-refractivity contribution in [1.29, 1.82) is 0 Å². The quantitative estimate of drug-likeness (QED) is 0.890. The van der Waals surface area contributed by atoms with E-state index in [1.54, 1.807) is 6.07 Å². The largest absolute Gasteiger partial charge is 0.391 e. The maximum absolute atomic E-state index is 14.3. The van der Waals surface area contributed by atoms with E-state index in [2.05, 4.69) is 5.32 Å². The zero-order valence-corrected chi connectivity index (χ0v) is 12.6. The van der Waals surface area contributed by atoms with Gasteiger partial charge in [0.15, 0.2) is 0 Å². The average Bonchev–Trinajstić information content (AvgIpc) is 2.42. The highest BCUT2D eigenvalue weighted by molar-refractivity contribution is 5.50. The average molecular weight is 280 g/mol. The monoisotopic (exact) mass is 280 g/mol. The SMILES string of the molecule is CCNC(C)c1ccc(N2CCC(C)C(O)C2)c(F)c1. The van der Waals surface area contributed by atoms with Crippen molar-refractivity contribution < 1.29 is 9.50 Å². The first-order valence-corrected chi connectivity index (χ1v) is 7.48. The van der Waals surface area contributed by atoms with Gasteiger partial charge < -0.3 is 15.3 Å². The van der Waals surface area contributed by atoms with Gasteiger partial charge in [0.2, 0.25) is 0 Å². The molecule has 2 rings (SSSR count). The molecule has 0 saturated carbocycles. The second kappa shape index (κ2) is 6.55. The fourth-order valence-corrected chi connectivity index (χ4v) is 2.74. The van der Waals surface area contributed by atoms with Gasteiger partial charge in [0.1, 0.15) is 5.82 Å². The van der Waals surface area contributed by atoms with E-state index >= 15 is 0 Å². The number of halogens is 1. The highest BCUT2D eigenvalue weighted by Gasteiger charge is 2.26. The van der Waals surface area contributed by atoms with Crippen molar-refractivity contribution in [3.63, 3.8) is 0 Å². The van der Waals surface area contributed by atoms with Crippen LogP contribution in [0.25, 0.3) is 0 Å². The molecule has 1 aliphatic heterocycles. The molecule has 3 nitrogen and oxygen atoms in total. The Bertz CT molecular complexity index is 452. The molecule has 1 saturated heterocycles. The van der Waals surface area contributed by atoms with Crippen LogP contribution in [-0.4, -0.2) is 30.8 Å². The molecular weight excluding hydrogens is 255 g/mol. The number of piperidine rings is 1. The van der Waals surface area contributed by atoms with Crippen molar-refractivity contribution >= 4 is 5.69 Å². The summed E-state index contributed by atoms with van der Waals surface area (Å²) in [5, 5.41) is 13.2. The smallest absolute Gasteiger partial charge is 0.146 e. The van der Waals surface area contributed by atoms with Crippen molar-refractivity contribution in [2.45, 2.75) is 39.3 Å². The third-order valence-corrected chi connectivity index (χ3v) is 4.24. The van der Waals surface area contributed by atoms with Crippen LogP contribution in [0.15, 0.2) is 18.2 Å². The minimum atomic E-state index is -0.372. The third kappa shape index (κ3) is 3.30. The van der Waals surface area contributed by atoms with Crippen molar-refractivity contribution in [2.75, 3.05) is 24.5 Å². The van der Waals surface area contributed by atoms with Crippen LogP contribution in [0.3, 0.4) is 0 Å². The van der Waals surface area contributed by atoms with E-state index in [4.69, 9.17) is 0 Å². The van der Waals surface area contributed by atoms with E-state index in [1.807, 2.05) is 37.8 Å². The van der Waals surface area contributed by atoms with Gasteiger partial charge in [-0.2, -0.15) is 0 Å². The number of nitrogens with zero attached hydrogens (tertiary/aromatic N) is 1. The number of hydrogen-bond donors (Lipinski definition) is 2. The van der Waals surface area contributed by atoms with Gasteiger partial charge >= 0.3 is 0 Å². The van der Waals surface area contributed by atoms with Gasteiger partial charge in [-0.25, -0.2) is 4.39 Å². The molecule has 20 heavy (non-hydrogen) atoms. The van der Waals surface area contributed by atoms with Crippen LogP contribution in [0.2, 0.25) is 0 Å². The van der Waals surface area contributed by atoms with E-state index in [9.17, 15) is 9.50 Å². The summed E-state index contributed by atoms with van der Waals surface area (Å²) in [6.45, 7) is 8.29. The molecule has 1 aliphatic rings. The topological polar surface area (TPSA) is 35.5 Å². The summed E-state index contributed by atoms with van der Waals surface area (Å²) in [6.07, 6.45) is 0.527. The molecule has 0 aliphatic carbocycles. The number of anilines is 1. The summed E-state index contributed by atoms with van der Waals surface area (Å²) in [7, 11) is 0. The lowest BCUT2D eigenvalue weighted by molar-refractivity contribution is 0.102. The molecule has 0 aromatic heterocycles. The zero-order valence-electron chi connectivity index (χ0n) is 12.6. The molecule has 0 spiro atoms. The molecule has 3 atom stereocenters. The van der Waals surface area contributed by atoms with Gasteiger partial charge in [-0.15, -0.1) is 0 Å². The first-order valence-electron chi connectivity index (χ1n) is 7.48. The van der Waals surface area contributed by atoms with Crippen LogP contribution in [0, 0.1) is 11.7 Å². The summed E-state index contributed by atoms with van der Waals surface area (Å²) in [5.74, 6) is 0.0939. The minimum absolute atomic E-state index is 0.149. The Balaban J connectivity index is 2.13. The zero-order chi connectivity index (χ0) is 14.7. The molecule has 3 unspecified atom stereocenters. The van der Waals surface area contributed by atoms with Gasteiger partial charge in [-0.1, -0.05) is 19.9 Å². The Kier molecular flexibility index (Phi) is 5.00. The normalized spacial score (nSPS) is 24.8. The Hall–Kier alpha value is -1.13. The number of aliphatic hydroxyl groups is 1. The Morgan fingerprint density at radius 3 is 2.85 bits per heavy atom. The molecule has 4 heteroatoms. The second-order valence-corrected chi connectivity index (χ2v) is 5.77. The summed E-state index contributed by atoms with van der Waals surface area (Å²) in [4.78, 5) is 1.95. The van der Waals surface area contributed by atoms with Crippen LogP contribution >= 0.6 is 0 Å². The Labute approximate surface area is 120 Å². The predicted octanol–water partition coefficient (Wildman–Crippen LogP) is 2.70. The maximum Gasteiger partial charge on any atom is 0.146 e. The van der Waals surface area contributed by atoms with Crippen molar-refractivity contribution in [1.82, 2.24) is 5.32 Å². The molecular formula is C16H25FN2O. The molecule has 1 heterocycles. The number of benzene rings is 1. The lowest BCUT2D eigenvalue weighted by atomic mass is 9.95. The minimum Gasteiger partial charge on any atom is -0.391 e. The lowest BCUT2D eigenvalue weighted by Crippen LogP contribution is -2.43. The number of nitrogens with one attached hydrogen (secondary N) is 1. The van der Waals surface area contributed by atoms with Gasteiger partial charge in [-0.3, -0.25) is 0 Å². The van der Waals surface area contributed by atoms with Crippen molar-refractivity contribution in [3.05, 3.63) is 29.6 Å². The van der Waals surface area contributed by atoms with Crippen molar-refractivity contribution in [2.24, 2.45) is 5.92 Å². The molecule has 2 N–H and O–H groups in total. The summed E-state index contributed by atoms with van der Waals surface area (Å²) in [5.41, 5.74) is 1.56. The fraction of sp³-hybridized carbons (Fsp3) is 0.625. The molecule has 1 fully saturated rings. The van der Waals surface area contributed by atoms with E-state index in [0.717, 1.165) is 25.1 Å². The van der Waals surface area contributed by atoms with Crippen LogP contribution in [0.5, 0.6) is 0 Å². The lowest BCUT2D eigenvalue weighted by Gasteiger charge is -2.36. The molecule has 0 amide bonds. The molecule has 1 aromatic rings. The van der Waals surface area contributed by atoms with Crippen LogP contribution < -0.4 is 10.2 Å². The predicted molar refractivity (Wildman–Crippen MR) is 80.5 cm³/mol. The van der Waals surface area contributed by atoms with Gasteiger partial charge in [0.25, 0.3) is 0 Å². The third-order valence-electron chi connectivity index (χ3n) is 4.24. The summed E-state index contributed by atoms with van der Waals surface area (Å²) in [6, 6.07) is 5.56. The number of aliphatic hydroxyl groups excluding tert-OH is 1. The number of hydrogen-bond acceptors (Lipinski definition) is 3. The first-order chi connectivity index (χ1) is 9.52. The van der Waals surface area contributed by atoms with Gasteiger partial charge in [0, 0.05) is 19.1 Å². The summed E-state index contributed by atoms with van der Waals surface area (Å²) < 4.78 is 14.3. The highest BCUT2D eigenvalue weighted by Crippen LogP contribution is 2.27. The first kappa shape index (κ1) is 15.3. The summed E-state index contributed by atoms with van der Waals surface area (Å²) >= 11 is 0. The second-order valence-electron chi connectivity index (χ2n) is 5.77. The van der Waals surface area contributed by atoms with E-state index in [1.165, 1.54) is 0 Å². The van der Waals surface area contributed by atoms with Crippen LogP contribution in [-0.2, 0) is 0 Å². The Morgan fingerprint density at radius 2 is 2.25 bits per heavy atom. The van der Waals surface area contributed by atoms with E-state index in [0.29, 0.717) is 18.2 Å². The van der Waals surface area contributed by atoms with Crippen LogP contribution in [0.4, 0.5) is 10.1 Å².